The number of halogens is 2. The Hall–Kier alpha value is -2.36. The highest BCUT2D eigenvalue weighted by atomic mass is 32.2. The Labute approximate surface area is 131 Å². The smallest absolute Gasteiger partial charge is 0.286 e. The monoisotopic (exact) mass is 347 g/mol. The Bertz CT molecular complexity index is 806. The molecule has 1 aromatic heterocycles. The van der Waals surface area contributed by atoms with Gasteiger partial charge in [0.05, 0.1) is 18.6 Å². The largest absolute Gasteiger partial charge is 0.497 e. The van der Waals surface area contributed by atoms with Crippen molar-refractivity contribution in [3.05, 3.63) is 29.8 Å². The summed E-state index contributed by atoms with van der Waals surface area (Å²) in [5.41, 5.74) is 4.79. The van der Waals surface area contributed by atoms with Crippen LogP contribution in [0, 0.1) is 0 Å². The number of alkyl halides is 2. The second kappa shape index (κ2) is 6.41. The van der Waals surface area contributed by atoms with E-state index in [1.54, 1.807) is 6.92 Å². The molecule has 7 nitrogen and oxygen atoms in total. The third kappa shape index (κ3) is 3.21. The van der Waals surface area contributed by atoms with Gasteiger partial charge in [-0.05, 0) is 25.1 Å². The van der Waals surface area contributed by atoms with Crippen molar-refractivity contribution >= 4 is 15.8 Å². The Morgan fingerprint density at radius 1 is 1.35 bits per heavy atom. The van der Waals surface area contributed by atoms with Gasteiger partial charge in [0, 0.05) is 11.6 Å². The molecule has 2 rings (SSSR count). The summed E-state index contributed by atoms with van der Waals surface area (Å²) in [6.45, 7) is 1.79. The first kappa shape index (κ1) is 17.0. The van der Waals surface area contributed by atoms with Gasteiger partial charge in [-0.25, -0.2) is 8.78 Å². The number of benzene rings is 1. The molecular formula is C13H15F2N3O4S. The summed E-state index contributed by atoms with van der Waals surface area (Å²) in [4.78, 5) is -0.600. The average molecular weight is 347 g/mol. The number of nitrogens with zero attached hydrogens (tertiary/aromatic N) is 2. The standard InChI is InChI=1S/C13H15F2N3O4S/c1-3-22-12-7-11(16)17-18(12)23(19,20)10-5-4-8(21-2)6-9(10)13(14)15/h4-7,13H,3H2,1-2H3,(H2,16,17). The van der Waals surface area contributed by atoms with Gasteiger partial charge >= 0.3 is 0 Å². The van der Waals surface area contributed by atoms with Gasteiger partial charge in [-0.1, -0.05) is 0 Å². The highest BCUT2D eigenvalue weighted by molar-refractivity contribution is 7.90. The van der Waals surface area contributed by atoms with Crippen LogP contribution < -0.4 is 15.2 Å². The fourth-order valence-corrected chi connectivity index (χ4v) is 3.35. The third-order valence-electron chi connectivity index (χ3n) is 2.92. The van der Waals surface area contributed by atoms with Crippen LogP contribution in [-0.4, -0.2) is 31.3 Å². The molecule has 0 unspecified atom stereocenters. The first-order chi connectivity index (χ1) is 10.8. The van der Waals surface area contributed by atoms with Crippen LogP contribution in [0.1, 0.15) is 18.9 Å². The summed E-state index contributed by atoms with van der Waals surface area (Å²) in [5, 5.41) is 3.63. The molecule has 0 aliphatic rings. The summed E-state index contributed by atoms with van der Waals surface area (Å²) in [7, 11) is -3.11. The predicted octanol–water partition coefficient (Wildman–Crippen LogP) is 2.05. The molecule has 0 saturated heterocycles. The van der Waals surface area contributed by atoms with E-state index in [0.29, 0.717) is 4.09 Å². The lowest BCUT2D eigenvalue weighted by Gasteiger charge is -2.13. The normalized spacial score (nSPS) is 11.7. The molecule has 0 amide bonds. The van der Waals surface area contributed by atoms with Crippen molar-refractivity contribution in [3.63, 3.8) is 0 Å². The number of anilines is 1. The van der Waals surface area contributed by atoms with Gasteiger partial charge < -0.3 is 15.2 Å². The molecule has 1 heterocycles. The lowest BCUT2D eigenvalue weighted by Crippen LogP contribution is -2.18. The number of ether oxygens (including phenoxy) is 2. The third-order valence-corrected chi connectivity index (χ3v) is 4.56. The van der Waals surface area contributed by atoms with Crippen molar-refractivity contribution in [3.8, 4) is 11.6 Å². The molecule has 0 saturated carbocycles. The molecule has 1 aromatic carbocycles. The van der Waals surface area contributed by atoms with E-state index in [1.165, 1.54) is 19.2 Å². The van der Waals surface area contributed by atoms with Crippen LogP contribution in [0.15, 0.2) is 29.2 Å². The van der Waals surface area contributed by atoms with Crippen LogP contribution >= 0.6 is 0 Å². The number of nitrogen functional groups attached to an aromatic ring is 1. The van der Waals surface area contributed by atoms with Crippen LogP contribution in [0.25, 0.3) is 0 Å². The van der Waals surface area contributed by atoms with Crippen LogP contribution in [0.5, 0.6) is 11.6 Å². The summed E-state index contributed by atoms with van der Waals surface area (Å²) < 4.78 is 62.3. The maximum absolute atomic E-state index is 13.2. The van der Waals surface area contributed by atoms with Gasteiger partial charge in [-0.2, -0.15) is 8.42 Å². The second-order valence-electron chi connectivity index (χ2n) is 4.39. The van der Waals surface area contributed by atoms with E-state index >= 15 is 0 Å². The SMILES string of the molecule is CCOc1cc(N)nn1S(=O)(=O)c1ccc(OC)cc1C(F)F. The summed E-state index contributed by atoms with van der Waals surface area (Å²) in [6.07, 6.45) is -3.02. The molecule has 0 spiro atoms. The van der Waals surface area contributed by atoms with Crippen LogP contribution in [0.3, 0.4) is 0 Å². The summed E-state index contributed by atoms with van der Waals surface area (Å²) in [5.74, 6) is -0.144. The highest BCUT2D eigenvalue weighted by Gasteiger charge is 2.29. The van der Waals surface area contributed by atoms with Crippen molar-refractivity contribution in [1.29, 1.82) is 0 Å². The van der Waals surface area contributed by atoms with Crippen LogP contribution in [0.2, 0.25) is 0 Å². The van der Waals surface area contributed by atoms with Crippen LogP contribution in [0.4, 0.5) is 14.6 Å². The Kier molecular flexibility index (Phi) is 4.73. The molecule has 0 bridgehead atoms. The summed E-state index contributed by atoms with van der Waals surface area (Å²) in [6, 6.07) is 4.46. The fraction of sp³-hybridized carbons (Fsp3) is 0.308. The van der Waals surface area contributed by atoms with Gasteiger partial charge in [-0.15, -0.1) is 9.19 Å². The quantitative estimate of drug-likeness (QED) is 0.859. The van der Waals surface area contributed by atoms with E-state index in [2.05, 4.69) is 5.10 Å². The van der Waals surface area contributed by atoms with E-state index in [1.807, 2.05) is 0 Å². The molecule has 0 radical (unpaired) electrons. The summed E-state index contributed by atoms with van der Waals surface area (Å²) >= 11 is 0. The topological polar surface area (TPSA) is 96.4 Å². The number of nitrogens with two attached hydrogens (primary N) is 1. The molecular weight excluding hydrogens is 332 g/mol. The molecule has 2 N–H and O–H groups in total. The second-order valence-corrected chi connectivity index (χ2v) is 6.13. The van der Waals surface area contributed by atoms with Gasteiger partial charge in [0.1, 0.15) is 5.75 Å². The van der Waals surface area contributed by atoms with Crippen molar-refractivity contribution in [2.45, 2.75) is 18.2 Å². The van der Waals surface area contributed by atoms with Gasteiger partial charge in [-0.3, -0.25) is 0 Å². The van der Waals surface area contributed by atoms with E-state index in [9.17, 15) is 17.2 Å². The lowest BCUT2D eigenvalue weighted by molar-refractivity contribution is 0.147. The lowest BCUT2D eigenvalue weighted by atomic mass is 10.2. The van der Waals surface area contributed by atoms with E-state index in [0.717, 1.165) is 12.1 Å². The average Bonchev–Trinajstić information content (AvgIpc) is 2.88. The molecule has 0 aliphatic carbocycles. The number of methoxy groups -OCH3 is 1. The Morgan fingerprint density at radius 2 is 2.04 bits per heavy atom. The zero-order valence-corrected chi connectivity index (χ0v) is 13.2. The predicted molar refractivity (Wildman–Crippen MR) is 78.3 cm³/mol. The fourth-order valence-electron chi connectivity index (χ4n) is 1.93. The Morgan fingerprint density at radius 3 is 2.61 bits per heavy atom. The van der Waals surface area contributed by atoms with Gasteiger partial charge in [0.25, 0.3) is 16.4 Å². The minimum atomic E-state index is -4.41. The molecule has 126 valence electrons. The first-order valence-electron chi connectivity index (χ1n) is 6.51. The zero-order valence-electron chi connectivity index (χ0n) is 12.4. The maximum atomic E-state index is 13.2. The first-order valence-corrected chi connectivity index (χ1v) is 7.95. The molecule has 23 heavy (non-hydrogen) atoms. The van der Waals surface area contributed by atoms with E-state index in [-0.39, 0.29) is 24.1 Å². The number of aromatic nitrogens is 2. The van der Waals surface area contributed by atoms with Crippen molar-refractivity contribution < 1.29 is 26.7 Å². The Balaban J connectivity index is 2.65. The van der Waals surface area contributed by atoms with E-state index in [4.69, 9.17) is 15.2 Å². The molecule has 0 fully saturated rings. The van der Waals surface area contributed by atoms with Crippen molar-refractivity contribution in [2.24, 2.45) is 0 Å². The van der Waals surface area contributed by atoms with Gasteiger partial charge in [0.15, 0.2) is 5.82 Å². The minimum Gasteiger partial charge on any atom is -0.497 e. The minimum absolute atomic E-state index is 0.107. The number of hydrogen-bond acceptors (Lipinski definition) is 6. The highest BCUT2D eigenvalue weighted by Crippen LogP contribution is 2.32. The van der Waals surface area contributed by atoms with Crippen molar-refractivity contribution in [1.82, 2.24) is 9.19 Å². The van der Waals surface area contributed by atoms with E-state index < -0.39 is 26.9 Å². The zero-order chi connectivity index (χ0) is 17.2. The van der Waals surface area contributed by atoms with Gasteiger partial charge in [0.2, 0.25) is 5.88 Å². The van der Waals surface area contributed by atoms with Crippen molar-refractivity contribution in [2.75, 3.05) is 19.5 Å². The number of hydrogen-bond donors (Lipinski definition) is 1. The molecule has 2 aromatic rings. The molecule has 0 aliphatic heterocycles. The molecule has 0 atom stereocenters. The molecule has 10 heteroatoms. The number of rotatable bonds is 6. The maximum Gasteiger partial charge on any atom is 0.286 e. The van der Waals surface area contributed by atoms with Crippen LogP contribution in [-0.2, 0) is 10.0 Å².